The third kappa shape index (κ3) is 2.41. The molecule has 1 N–H and O–H groups in total. The van der Waals surface area contributed by atoms with E-state index in [9.17, 15) is 5.11 Å². The molecule has 1 aromatic carbocycles. The average Bonchev–Trinajstić information content (AvgIpc) is 3.01. The molecule has 0 bridgehead atoms. The number of thiophene rings is 1. The second kappa shape index (κ2) is 5.51. The van der Waals surface area contributed by atoms with Crippen molar-refractivity contribution < 1.29 is 9.84 Å². The second-order valence-corrected chi connectivity index (χ2v) is 7.22. The summed E-state index contributed by atoms with van der Waals surface area (Å²) in [4.78, 5) is 2.45. The van der Waals surface area contributed by atoms with Crippen molar-refractivity contribution in [2.75, 3.05) is 7.11 Å². The Hall–Kier alpha value is -0.840. The number of hydrogen-bond acceptors (Lipinski definition) is 3. The summed E-state index contributed by atoms with van der Waals surface area (Å²) in [5, 5.41) is 10.7. The standard InChI is InChI=1S/C16H17BrO2S/c1-9-6-13(19-2)11(8-12(9)17)16(18)15-7-10-4-3-5-14(10)20-15/h6-8,16,18H,3-5H2,1-2H3. The van der Waals surface area contributed by atoms with Crippen LogP contribution in [0.3, 0.4) is 0 Å². The molecule has 2 nitrogen and oxygen atoms in total. The quantitative estimate of drug-likeness (QED) is 0.886. The number of ether oxygens (including phenoxy) is 1. The summed E-state index contributed by atoms with van der Waals surface area (Å²) in [5.41, 5.74) is 3.34. The van der Waals surface area contributed by atoms with Gasteiger partial charge < -0.3 is 9.84 Å². The monoisotopic (exact) mass is 352 g/mol. The minimum atomic E-state index is -0.613. The predicted molar refractivity (Wildman–Crippen MR) is 85.8 cm³/mol. The number of aliphatic hydroxyl groups is 1. The molecule has 1 unspecified atom stereocenters. The molecule has 1 atom stereocenters. The maximum absolute atomic E-state index is 10.7. The predicted octanol–water partition coefficient (Wildman–Crippen LogP) is 4.40. The topological polar surface area (TPSA) is 29.5 Å². The van der Waals surface area contributed by atoms with E-state index in [1.165, 1.54) is 16.9 Å². The molecule has 1 aromatic heterocycles. The number of hydrogen-bond donors (Lipinski definition) is 1. The Kier molecular flexibility index (Phi) is 3.89. The second-order valence-electron chi connectivity index (χ2n) is 5.20. The van der Waals surface area contributed by atoms with Crippen LogP contribution in [-0.2, 0) is 12.8 Å². The molecule has 0 amide bonds. The largest absolute Gasteiger partial charge is 0.496 e. The van der Waals surface area contributed by atoms with Crippen molar-refractivity contribution in [2.45, 2.75) is 32.3 Å². The molecular weight excluding hydrogens is 336 g/mol. The first-order valence-corrected chi connectivity index (χ1v) is 8.34. The Morgan fingerprint density at radius 3 is 2.80 bits per heavy atom. The maximum Gasteiger partial charge on any atom is 0.125 e. The van der Waals surface area contributed by atoms with Crippen molar-refractivity contribution in [3.63, 3.8) is 0 Å². The van der Waals surface area contributed by atoms with Crippen LogP contribution in [0, 0.1) is 6.92 Å². The molecule has 1 aliphatic carbocycles. The number of halogens is 1. The molecule has 4 heteroatoms. The third-order valence-corrected chi connectivity index (χ3v) is 5.98. The smallest absolute Gasteiger partial charge is 0.125 e. The Labute approximate surface area is 131 Å². The van der Waals surface area contributed by atoms with Crippen LogP contribution in [-0.4, -0.2) is 12.2 Å². The van der Waals surface area contributed by atoms with Gasteiger partial charge in [-0.05, 0) is 55.5 Å². The van der Waals surface area contributed by atoms with Crippen LogP contribution in [0.15, 0.2) is 22.7 Å². The molecule has 106 valence electrons. The van der Waals surface area contributed by atoms with E-state index in [1.54, 1.807) is 18.4 Å². The van der Waals surface area contributed by atoms with Gasteiger partial charge in [0.25, 0.3) is 0 Å². The summed E-state index contributed by atoms with van der Waals surface area (Å²) < 4.78 is 6.42. The summed E-state index contributed by atoms with van der Waals surface area (Å²) in [6.45, 7) is 2.02. The van der Waals surface area contributed by atoms with Crippen LogP contribution >= 0.6 is 27.3 Å². The first-order valence-electron chi connectivity index (χ1n) is 6.73. The Morgan fingerprint density at radius 2 is 2.10 bits per heavy atom. The zero-order valence-electron chi connectivity index (χ0n) is 11.6. The Balaban J connectivity index is 2.00. The van der Waals surface area contributed by atoms with Crippen LogP contribution in [0.4, 0.5) is 0 Å². The summed E-state index contributed by atoms with van der Waals surface area (Å²) in [6, 6.07) is 6.08. The molecule has 0 aliphatic heterocycles. The molecule has 1 heterocycles. The van der Waals surface area contributed by atoms with Gasteiger partial charge in [-0.25, -0.2) is 0 Å². The Morgan fingerprint density at radius 1 is 1.30 bits per heavy atom. The van der Waals surface area contributed by atoms with Gasteiger partial charge in [-0.2, -0.15) is 0 Å². The molecule has 20 heavy (non-hydrogen) atoms. The molecule has 0 radical (unpaired) electrons. The van der Waals surface area contributed by atoms with Crippen molar-refractivity contribution in [2.24, 2.45) is 0 Å². The number of aryl methyl sites for hydroxylation is 3. The highest BCUT2D eigenvalue weighted by atomic mass is 79.9. The molecule has 0 spiro atoms. The molecule has 0 fully saturated rings. The lowest BCUT2D eigenvalue weighted by Crippen LogP contribution is -2.01. The lowest BCUT2D eigenvalue weighted by atomic mass is 10.0. The molecule has 0 saturated carbocycles. The summed E-state index contributed by atoms with van der Waals surface area (Å²) in [5.74, 6) is 0.742. The number of aliphatic hydroxyl groups excluding tert-OH is 1. The zero-order chi connectivity index (χ0) is 14.3. The van der Waals surface area contributed by atoms with E-state index >= 15 is 0 Å². The molecular formula is C16H17BrO2S. The number of rotatable bonds is 3. The van der Waals surface area contributed by atoms with E-state index in [1.807, 2.05) is 19.1 Å². The van der Waals surface area contributed by atoms with E-state index in [0.29, 0.717) is 0 Å². The van der Waals surface area contributed by atoms with E-state index in [0.717, 1.165) is 39.1 Å². The van der Waals surface area contributed by atoms with E-state index < -0.39 is 6.10 Å². The van der Waals surface area contributed by atoms with Gasteiger partial charge in [-0.3, -0.25) is 0 Å². The van der Waals surface area contributed by atoms with Crippen molar-refractivity contribution in [3.05, 3.63) is 49.1 Å². The molecule has 0 saturated heterocycles. The van der Waals surface area contributed by atoms with Gasteiger partial charge in [0.15, 0.2) is 0 Å². The van der Waals surface area contributed by atoms with Crippen LogP contribution < -0.4 is 4.74 Å². The van der Waals surface area contributed by atoms with Gasteiger partial charge in [-0.15, -0.1) is 11.3 Å². The number of benzene rings is 1. The van der Waals surface area contributed by atoms with E-state index in [-0.39, 0.29) is 0 Å². The van der Waals surface area contributed by atoms with Crippen LogP contribution in [0.25, 0.3) is 0 Å². The van der Waals surface area contributed by atoms with Gasteiger partial charge in [0.1, 0.15) is 11.9 Å². The SMILES string of the molecule is COc1cc(C)c(Br)cc1C(O)c1cc2c(s1)CCC2. The minimum Gasteiger partial charge on any atom is -0.496 e. The highest BCUT2D eigenvalue weighted by molar-refractivity contribution is 9.10. The summed E-state index contributed by atoms with van der Waals surface area (Å²) >= 11 is 5.26. The lowest BCUT2D eigenvalue weighted by Gasteiger charge is -2.15. The van der Waals surface area contributed by atoms with E-state index in [2.05, 4.69) is 22.0 Å². The Bertz CT molecular complexity index is 627. The van der Waals surface area contributed by atoms with Gasteiger partial charge in [0, 0.05) is 19.8 Å². The lowest BCUT2D eigenvalue weighted by molar-refractivity contribution is 0.218. The third-order valence-electron chi connectivity index (χ3n) is 3.84. The first-order chi connectivity index (χ1) is 9.60. The van der Waals surface area contributed by atoms with Crippen molar-refractivity contribution in [1.82, 2.24) is 0 Å². The van der Waals surface area contributed by atoms with Gasteiger partial charge in [0.05, 0.1) is 7.11 Å². The minimum absolute atomic E-state index is 0.613. The highest BCUT2D eigenvalue weighted by Gasteiger charge is 2.22. The first kappa shape index (κ1) is 14.1. The molecule has 2 aromatic rings. The maximum atomic E-state index is 10.7. The van der Waals surface area contributed by atoms with Gasteiger partial charge in [0.2, 0.25) is 0 Å². The number of methoxy groups -OCH3 is 1. The van der Waals surface area contributed by atoms with Gasteiger partial charge >= 0.3 is 0 Å². The van der Waals surface area contributed by atoms with Crippen LogP contribution in [0.2, 0.25) is 0 Å². The van der Waals surface area contributed by atoms with Crippen LogP contribution in [0.1, 0.15) is 39.0 Å². The van der Waals surface area contributed by atoms with Crippen molar-refractivity contribution in [3.8, 4) is 5.75 Å². The number of fused-ring (bicyclic) bond motifs is 1. The summed E-state index contributed by atoms with van der Waals surface area (Å²) in [7, 11) is 1.65. The van der Waals surface area contributed by atoms with Crippen molar-refractivity contribution in [1.29, 1.82) is 0 Å². The van der Waals surface area contributed by atoms with Crippen LogP contribution in [0.5, 0.6) is 5.75 Å². The molecule has 3 rings (SSSR count). The van der Waals surface area contributed by atoms with E-state index in [4.69, 9.17) is 4.74 Å². The van der Waals surface area contributed by atoms with Crippen molar-refractivity contribution >= 4 is 27.3 Å². The fraction of sp³-hybridized carbons (Fsp3) is 0.375. The van der Waals surface area contributed by atoms with Gasteiger partial charge in [-0.1, -0.05) is 15.9 Å². The fourth-order valence-electron chi connectivity index (χ4n) is 2.70. The average molecular weight is 353 g/mol. The molecule has 1 aliphatic rings. The summed E-state index contributed by atoms with van der Waals surface area (Å²) in [6.07, 6.45) is 2.93. The fourth-order valence-corrected chi connectivity index (χ4v) is 4.32. The zero-order valence-corrected chi connectivity index (χ0v) is 14.0. The highest BCUT2D eigenvalue weighted by Crippen LogP contribution is 2.39. The normalized spacial score (nSPS) is 15.2.